The molecule has 6 heteroatoms. The van der Waals surface area contributed by atoms with Crippen molar-refractivity contribution in [2.45, 2.75) is 31.5 Å². The molecule has 2 aliphatic rings. The summed E-state index contributed by atoms with van der Waals surface area (Å²) in [5, 5.41) is 0. The van der Waals surface area contributed by atoms with E-state index in [1.807, 2.05) is 29.4 Å². The second-order valence-electron chi connectivity index (χ2n) is 6.76. The van der Waals surface area contributed by atoms with E-state index in [0.717, 1.165) is 45.6 Å². The summed E-state index contributed by atoms with van der Waals surface area (Å²) in [5.74, 6) is 0.0873. The molecule has 1 amide bonds. The molecule has 1 N–H and O–H groups in total. The number of nitrogens with one attached hydrogen (secondary N) is 1. The number of H-pyrrole nitrogens is 1. The second-order valence-corrected chi connectivity index (χ2v) is 6.76. The molecule has 2 aliphatic heterocycles. The number of rotatable bonds is 3. The molecule has 2 unspecified atom stereocenters. The fourth-order valence-electron chi connectivity index (χ4n) is 3.92. The Hall–Kier alpha value is -2.18. The number of likely N-dealkylation sites (tertiary alicyclic amines) is 1. The fraction of sp³-hybridized carbons (Fsp3) is 0.474. The first-order valence-corrected chi connectivity index (χ1v) is 8.98. The highest BCUT2D eigenvalue weighted by Crippen LogP contribution is 2.25. The van der Waals surface area contributed by atoms with Gasteiger partial charge >= 0.3 is 0 Å². The maximum atomic E-state index is 12.6. The van der Waals surface area contributed by atoms with Crippen LogP contribution in [0.15, 0.2) is 42.9 Å². The predicted molar refractivity (Wildman–Crippen MR) is 94.1 cm³/mol. The second kappa shape index (κ2) is 7.37. The van der Waals surface area contributed by atoms with Gasteiger partial charge in [-0.2, -0.15) is 0 Å². The molecule has 0 aliphatic carbocycles. The Morgan fingerprint density at radius 2 is 2.04 bits per heavy atom. The number of carbonyl (C=O) groups is 1. The van der Waals surface area contributed by atoms with Gasteiger partial charge in [0, 0.05) is 50.8 Å². The molecular weight excluding hydrogens is 316 g/mol. The molecule has 4 heterocycles. The quantitative estimate of drug-likeness (QED) is 0.927. The van der Waals surface area contributed by atoms with Crippen LogP contribution in [0.4, 0.5) is 0 Å². The van der Waals surface area contributed by atoms with Gasteiger partial charge in [-0.3, -0.25) is 14.7 Å². The average molecular weight is 340 g/mol. The van der Waals surface area contributed by atoms with Crippen LogP contribution in [0.5, 0.6) is 0 Å². The number of amides is 1. The molecule has 0 spiro atoms. The first-order valence-electron chi connectivity index (χ1n) is 8.98. The van der Waals surface area contributed by atoms with Gasteiger partial charge in [-0.15, -0.1) is 0 Å². The van der Waals surface area contributed by atoms with Gasteiger partial charge in [0.15, 0.2) is 0 Å². The van der Waals surface area contributed by atoms with Crippen molar-refractivity contribution < 1.29 is 9.53 Å². The highest BCUT2D eigenvalue weighted by molar-refractivity contribution is 5.92. The molecule has 132 valence electrons. The minimum absolute atomic E-state index is 0.0873. The molecule has 4 rings (SSSR count). The monoisotopic (exact) mass is 340 g/mol. The van der Waals surface area contributed by atoms with Gasteiger partial charge in [0.2, 0.25) is 0 Å². The van der Waals surface area contributed by atoms with Gasteiger partial charge in [-0.1, -0.05) is 0 Å². The standard InChI is InChI=1S/C19H24N4O2/c24-19(16-2-1-7-21-16)22-10-5-17-18(6-11-22)25-13-12-23(17)14-15-3-8-20-9-4-15/h1-4,7-9,17-18,21H,5-6,10-14H2. The molecule has 2 saturated heterocycles. The number of aromatic nitrogens is 2. The Kier molecular flexibility index (Phi) is 4.81. The van der Waals surface area contributed by atoms with Crippen molar-refractivity contribution in [1.82, 2.24) is 19.8 Å². The molecule has 0 saturated carbocycles. The van der Waals surface area contributed by atoms with Crippen LogP contribution >= 0.6 is 0 Å². The van der Waals surface area contributed by atoms with Crippen LogP contribution < -0.4 is 0 Å². The Morgan fingerprint density at radius 1 is 1.20 bits per heavy atom. The molecule has 0 aromatic carbocycles. The molecule has 2 aromatic rings. The maximum Gasteiger partial charge on any atom is 0.270 e. The lowest BCUT2D eigenvalue weighted by molar-refractivity contribution is -0.0746. The van der Waals surface area contributed by atoms with Gasteiger partial charge in [0.05, 0.1) is 12.7 Å². The predicted octanol–water partition coefficient (Wildman–Crippen LogP) is 1.92. The van der Waals surface area contributed by atoms with E-state index in [1.165, 1.54) is 5.56 Å². The van der Waals surface area contributed by atoms with Crippen LogP contribution in [-0.2, 0) is 11.3 Å². The zero-order valence-electron chi connectivity index (χ0n) is 14.3. The topological polar surface area (TPSA) is 61.5 Å². The summed E-state index contributed by atoms with van der Waals surface area (Å²) < 4.78 is 6.05. The van der Waals surface area contributed by atoms with Crippen molar-refractivity contribution in [3.05, 3.63) is 54.1 Å². The van der Waals surface area contributed by atoms with E-state index in [0.29, 0.717) is 11.7 Å². The van der Waals surface area contributed by atoms with E-state index in [2.05, 4.69) is 27.0 Å². The number of morpholine rings is 1. The SMILES string of the molecule is O=C(c1ccc[nH]1)N1CCC2OCCN(Cc3ccncc3)C2CC1. The van der Waals surface area contributed by atoms with Crippen LogP contribution in [0, 0.1) is 0 Å². The summed E-state index contributed by atoms with van der Waals surface area (Å²) in [7, 11) is 0. The Bertz CT molecular complexity index is 689. The summed E-state index contributed by atoms with van der Waals surface area (Å²) in [6.07, 6.45) is 7.53. The maximum absolute atomic E-state index is 12.6. The Balaban J connectivity index is 1.44. The summed E-state index contributed by atoms with van der Waals surface area (Å²) in [4.78, 5) is 24.2. The first-order chi connectivity index (χ1) is 12.3. The van der Waals surface area contributed by atoms with E-state index >= 15 is 0 Å². The van der Waals surface area contributed by atoms with E-state index in [4.69, 9.17) is 4.74 Å². The van der Waals surface area contributed by atoms with Gasteiger partial charge in [0.25, 0.3) is 5.91 Å². The molecule has 2 fully saturated rings. The Labute approximate surface area is 147 Å². The van der Waals surface area contributed by atoms with Crippen molar-refractivity contribution in [3.8, 4) is 0 Å². The van der Waals surface area contributed by atoms with Crippen molar-refractivity contribution in [3.63, 3.8) is 0 Å². The van der Waals surface area contributed by atoms with Gasteiger partial charge < -0.3 is 14.6 Å². The molecule has 25 heavy (non-hydrogen) atoms. The highest BCUT2D eigenvalue weighted by atomic mass is 16.5. The lowest BCUT2D eigenvalue weighted by atomic mass is 10.0. The number of ether oxygens (including phenoxy) is 1. The number of nitrogens with zero attached hydrogens (tertiary/aromatic N) is 3. The van der Waals surface area contributed by atoms with Crippen molar-refractivity contribution in [1.29, 1.82) is 0 Å². The zero-order valence-corrected chi connectivity index (χ0v) is 14.3. The van der Waals surface area contributed by atoms with Gasteiger partial charge in [0.1, 0.15) is 5.69 Å². The fourth-order valence-corrected chi connectivity index (χ4v) is 3.92. The van der Waals surface area contributed by atoms with Crippen molar-refractivity contribution in [2.24, 2.45) is 0 Å². The highest BCUT2D eigenvalue weighted by Gasteiger charge is 2.35. The first kappa shape index (κ1) is 16.3. The van der Waals surface area contributed by atoms with E-state index in [9.17, 15) is 4.79 Å². The molecule has 0 bridgehead atoms. The molecular formula is C19H24N4O2. The van der Waals surface area contributed by atoms with Crippen LogP contribution in [0.2, 0.25) is 0 Å². The lowest BCUT2D eigenvalue weighted by Crippen LogP contribution is -2.50. The molecule has 0 radical (unpaired) electrons. The lowest BCUT2D eigenvalue weighted by Gasteiger charge is -2.40. The van der Waals surface area contributed by atoms with E-state index in [-0.39, 0.29) is 12.0 Å². The van der Waals surface area contributed by atoms with Crippen LogP contribution in [0.1, 0.15) is 28.9 Å². The molecule has 6 nitrogen and oxygen atoms in total. The number of fused-ring (bicyclic) bond motifs is 1. The largest absolute Gasteiger partial charge is 0.375 e. The Morgan fingerprint density at radius 3 is 2.84 bits per heavy atom. The molecule has 2 atom stereocenters. The third-order valence-corrected chi connectivity index (χ3v) is 5.24. The number of pyridine rings is 1. The third kappa shape index (κ3) is 3.60. The smallest absolute Gasteiger partial charge is 0.270 e. The minimum atomic E-state index is 0.0873. The van der Waals surface area contributed by atoms with Gasteiger partial charge in [-0.25, -0.2) is 0 Å². The van der Waals surface area contributed by atoms with E-state index < -0.39 is 0 Å². The normalized spacial score (nSPS) is 24.6. The number of carbonyl (C=O) groups excluding carboxylic acids is 1. The van der Waals surface area contributed by atoms with Gasteiger partial charge in [-0.05, 0) is 42.7 Å². The molecule has 2 aromatic heterocycles. The zero-order chi connectivity index (χ0) is 17.1. The number of hydrogen-bond donors (Lipinski definition) is 1. The van der Waals surface area contributed by atoms with E-state index in [1.54, 1.807) is 6.20 Å². The third-order valence-electron chi connectivity index (χ3n) is 5.24. The minimum Gasteiger partial charge on any atom is -0.375 e. The number of aromatic amines is 1. The van der Waals surface area contributed by atoms with Crippen LogP contribution in [-0.4, -0.2) is 64.1 Å². The number of hydrogen-bond acceptors (Lipinski definition) is 4. The van der Waals surface area contributed by atoms with Crippen LogP contribution in [0.3, 0.4) is 0 Å². The van der Waals surface area contributed by atoms with Crippen molar-refractivity contribution in [2.75, 3.05) is 26.2 Å². The average Bonchev–Trinajstić information content (AvgIpc) is 3.09. The summed E-state index contributed by atoms with van der Waals surface area (Å²) in [6, 6.07) is 8.21. The summed E-state index contributed by atoms with van der Waals surface area (Å²) in [5.41, 5.74) is 1.94. The summed E-state index contributed by atoms with van der Waals surface area (Å²) in [6.45, 7) is 4.14. The van der Waals surface area contributed by atoms with Crippen molar-refractivity contribution >= 4 is 5.91 Å². The van der Waals surface area contributed by atoms with Crippen LogP contribution in [0.25, 0.3) is 0 Å². The summed E-state index contributed by atoms with van der Waals surface area (Å²) >= 11 is 0.